The lowest BCUT2D eigenvalue weighted by molar-refractivity contribution is 0.240. The molecule has 4 nitrogen and oxygen atoms in total. The van der Waals surface area contributed by atoms with Crippen molar-refractivity contribution in [1.82, 2.24) is 4.31 Å². The highest BCUT2D eigenvalue weighted by Gasteiger charge is 2.30. The molecule has 0 aromatic heterocycles. The van der Waals surface area contributed by atoms with E-state index in [2.05, 4.69) is 0 Å². The number of sulfonamides is 1. The van der Waals surface area contributed by atoms with Crippen LogP contribution in [-0.2, 0) is 10.0 Å². The molecule has 1 atom stereocenters. The van der Waals surface area contributed by atoms with Crippen LogP contribution in [0.2, 0.25) is 0 Å². The third-order valence-corrected chi connectivity index (χ3v) is 5.91. The third-order valence-electron chi connectivity index (χ3n) is 3.90. The molecule has 0 spiro atoms. The number of hydrogen-bond acceptors (Lipinski definition) is 3. The molecule has 0 fully saturated rings. The first-order valence-electron chi connectivity index (χ1n) is 7.28. The van der Waals surface area contributed by atoms with Gasteiger partial charge in [0.15, 0.2) is 0 Å². The Balaban J connectivity index is 2.46. The summed E-state index contributed by atoms with van der Waals surface area (Å²) < 4.78 is 40.7. The van der Waals surface area contributed by atoms with Crippen molar-refractivity contribution in [2.75, 3.05) is 13.7 Å². The quantitative estimate of drug-likeness (QED) is 0.882. The Morgan fingerprint density at radius 1 is 1.13 bits per heavy atom. The van der Waals surface area contributed by atoms with Crippen LogP contribution in [0.25, 0.3) is 0 Å². The van der Waals surface area contributed by atoms with E-state index in [-0.39, 0.29) is 23.5 Å². The molecule has 2 rings (SSSR count). The standard InChI is InChI=1S/C17H20FNO3S/c1-13-15(18)9-6-10-17(13)23(21,22)19(2)16(11-12-20)14-7-4-3-5-8-14/h3-10,16,20H,11-12H2,1-2H3. The Morgan fingerprint density at radius 2 is 1.78 bits per heavy atom. The van der Waals surface area contributed by atoms with Gasteiger partial charge in [-0.25, -0.2) is 12.8 Å². The zero-order chi connectivity index (χ0) is 17.0. The maximum atomic E-state index is 13.7. The molecule has 0 saturated heterocycles. The largest absolute Gasteiger partial charge is 0.396 e. The van der Waals surface area contributed by atoms with Crippen molar-refractivity contribution < 1.29 is 17.9 Å². The number of halogens is 1. The lowest BCUT2D eigenvalue weighted by atomic mass is 10.0. The summed E-state index contributed by atoms with van der Waals surface area (Å²) in [5.41, 5.74) is 0.872. The smallest absolute Gasteiger partial charge is 0.243 e. The van der Waals surface area contributed by atoms with E-state index < -0.39 is 21.9 Å². The number of benzene rings is 2. The first-order valence-corrected chi connectivity index (χ1v) is 8.72. The summed E-state index contributed by atoms with van der Waals surface area (Å²) in [5, 5.41) is 9.30. The molecule has 2 aromatic rings. The van der Waals surface area contributed by atoms with Crippen molar-refractivity contribution in [3.8, 4) is 0 Å². The van der Waals surface area contributed by atoms with Crippen molar-refractivity contribution in [1.29, 1.82) is 0 Å². The van der Waals surface area contributed by atoms with Gasteiger partial charge in [-0.15, -0.1) is 0 Å². The van der Waals surface area contributed by atoms with Crippen LogP contribution in [0, 0.1) is 12.7 Å². The molecular weight excluding hydrogens is 317 g/mol. The van der Waals surface area contributed by atoms with E-state index in [0.29, 0.717) is 0 Å². The predicted molar refractivity (Wildman–Crippen MR) is 87.0 cm³/mol. The van der Waals surface area contributed by atoms with Crippen LogP contribution >= 0.6 is 0 Å². The number of aliphatic hydroxyl groups is 1. The monoisotopic (exact) mass is 337 g/mol. The average molecular weight is 337 g/mol. The van der Waals surface area contributed by atoms with Gasteiger partial charge in [0.2, 0.25) is 10.0 Å². The highest BCUT2D eigenvalue weighted by molar-refractivity contribution is 7.89. The van der Waals surface area contributed by atoms with Crippen molar-refractivity contribution in [2.45, 2.75) is 24.3 Å². The first kappa shape index (κ1) is 17.6. The summed E-state index contributed by atoms with van der Waals surface area (Å²) in [7, 11) is -2.43. The average Bonchev–Trinajstić information content (AvgIpc) is 2.55. The van der Waals surface area contributed by atoms with Crippen molar-refractivity contribution in [3.63, 3.8) is 0 Å². The Labute approximate surface area is 136 Å². The molecule has 0 aliphatic carbocycles. The molecule has 6 heteroatoms. The summed E-state index contributed by atoms with van der Waals surface area (Å²) in [5.74, 6) is -0.558. The van der Waals surface area contributed by atoms with E-state index in [1.165, 1.54) is 36.5 Å². The molecule has 23 heavy (non-hydrogen) atoms. The van der Waals surface area contributed by atoms with Gasteiger partial charge in [0, 0.05) is 19.2 Å². The lowest BCUT2D eigenvalue weighted by Gasteiger charge is -2.28. The van der Waals surface area contributed by atoms with E-state index in [9.17, 15) is 17.9 Å². The Kier molecular flexibility index (Phi) is 5.51. The molecule has 1 unspecified atom stereocenters. The minimum Gasteiger partial charge on any atom is -0.396 e. The molecule has 0 amide bonds. The van der Waals surface area contributed by atoms with Crippen molar-refractivity contribution in [3.05, 3.63) is 65.5 Å². The fourth-order valence-corrected chi connectivity index (χ4v) is 4.15. The second-order valence-electron chi connectivity index (χ2n) is 5.32. The van der Waals surface area contributed by atoms with E-state index in [0.717, 1.165) is 5.56 Å². The minimum atomic E-state index is -3.88. The molecule has 1 N–H and O–H groups in total. The van der Waals surface area contributed by atoms with Gasteiger partial charge in [-0.2, -0.15) is 4.31 Å². The van der Waals surface area contributed by atoms with E-state index in [1.807, 2.05) is 30.3 Å². The third kappa shape index (κ3) is 3.60. The minimum absolute atomic E-state index is 0.0566. The SMILES string of the molecule is Cc1c(F)cccc1S(=O)(=O)N(C)C(CCO)c1ccccc1. The Morgan fingerprint density at radius 3 is 2.39 bits per heavy atom. The van der Waals surface area contributed by atoms with Gasteiger partial charge in [-0.05, 0) is 31.0 Å². The van der Waals surface area contributed by atoms with Gasteiger partial charge < -0.3 is 5.11 Å². The number of rotatable bonds is 6. The van der Waals surface area contributed by atoms with Gasteiger partial charge in [-0.3, -0.25) is 0 Å². The maximum Gasteiger partial charge on any atom is 0.243 e. The summed E-state index contributed by atoms with van der Waals surface area (Å²) in [6, 6.07) is 12.6. The lowest BCUT2D eigenvalue weighted by Crippen LogP contribution is -2.32. The topological polar surface area (TPSA) is 57.6 Å². The normalized spacial score (nSPS) is 13.3. The molecule has 124 valence electrons. The zero-order valence-corrected chi connectivity index (χ0v) is 13.9. The molecule has 0 aliphatic rings. The fraction of sp³-hybridized carbons (Fsp3) is 0.294. The van der Waals surface area contributed by atoms with Crippen LogP contribution in [0.5, 0.6) is 0 Å². The summed E-state index contributed by atoms with van der Waals surface area (Å²) >= 11 is 0. The molecule has 0 radical (unpaired) electrons. The van der Waals surface area contributed by atoms with Gasteiger partial charge in [0.25, 0.3) is 0 Å². The zero-order valence-electron chi connectivity index (χ0n) is 13.1. The highest BCUT2D eigenvalue weighted by atomic mass is 32.2. The fourth-order valence-electron chi connectivity index (χ4n) is 2.55. The van der Waals surface area contributed by atoms with E-state index >= 15 is 0 Å². The number of aliphatic hydroxyl groups excluding tert-OH is 1. The molecule has 0 bridgehead atoms. The van der Waals surface area contributed by atoms with E-state index in [1.54, 1.807) is 0 Å². The van der Waals surface area contributed by atoms with Crippen LogP contribution in [0.3, 0.4) is 0 Å². The number of nitrogens with zero attached hydrogens (tertiary/aromatic N) is 1. The van der Waals surface area contributed by atoms with E-state index in [4.69, 9.17) is 0 Å². The first-order chi connectivity index (χ1) is 10.9. The molecule has 0 heterocycles. The predicted octanol–water partition coefficient (Wildman–Crippen LogP) is 2.88. The maximum absolute atomic E-state index is 13.7. The molecule has 2 aromatic carbocycles. The second kappa shape index (κ2) is 7.21. The summed E-state index contributed by atoms with van der Waals surface area (Å²) in [6.07, 6.45) is 0.258. The van der Waals surface area contributed by atoms with Crippen molar-refractivity contribution in [2.24, 2.45) is 0 Å². The number of hydrogen-bond donors (Lipinski definition) is 1. The van der Waals surface area contributed by atoms with Gasteiger partial charge >= 0.3 is 0 Å². The highest BCUT2D eigenvalue weighted by Crippen LogP contribution is 2.30. The van der Waals surface area contributed by atoms with Crippen LogP contribution in [0.15, 0.2) is 53.4 Å². The molecular formula is C17H20FNO3S. The molecule has 0 aliphatic heterocycles. The van der Waals surface area contributed by atoms with Crippen LogP contribution in [-0.4, -0.2) is 31.5 Å². The van der Waals surface area contributed by atoms with Crippen molar-refractivity contribution >= 4 is 10.0 Å². The van der Waals surface area contributed by atoms with Gasteiger partial charge in [-0.1, -0.05) is 36.4 Å². The summed E-state index contributed by atoms with van der Waals surface area (Å²) in [6.45, 7) is 1.29. The van der Waals surface area contributed by atoms with Gasteiger partial charge in [0.1, 0.15) is 5.82 Å². The van der Waals surface area contributed by atoms with Crippen LogP contribution < -0.4 is 0 Å². The Bertz CT molecular complexity index is 763. The molecule has 0 saturated carbocycles. The summed E-state index contributed by atoms with van der Waals surface area (Å²) in [4.78, 5) is -0.0566. The van der Waals surface area contributed by atoms with Crippen LogP contribution in [0.1, 0.15) is 23.6 Å². The Hall–Kier alpha value is -1.76. The second-order valence-corrected chi connectivity index (χ2v) is 7.29. The van der Waals surface area contributed by atoms with Crippen LogP contribution in [0.4, 0.5) is 4.39 Å². The van der Waals surface area contributed by atoms with Gasteiger partial charge in [0.05, 0.1) is 10.9 Å².